The van der Waals surface area contributed by atoms with Crippen LogP contribution in [0, 0.1) is 0 Å². The Kier molecular flexibility index (Phi) is 2.11. The van der Waals surface area contributed by atoms with Crippen molar-refractivity contribution < 1.29 is 9.90 Å². The van der Waals surface area contributed by atoms with Gasteiger partial charge in [-0.05, 0) is 12.1 Å². The topological polar surface area (TPSA) is 100 Å². The predicted octanol–water partition coefficient (Wildman–Crippen LogP) is 0.922. The summed E-state index contributed by atoms with van der Waals surface area (Å²) in [7, 11) is 0. The molecular weight excluding hydrogens is 260 g/mol. The summed E-state index contributed by atoms with van der Waals surface area (Å²) in [6.07, 6.45) is 0. The highest BCUT2D eigenvalue weighted by atomic mass is 35.5. The lowest BCUT2D eigenvalue weighted by Crippen LogP contribution is -2.17. The molecule has 0 radical (unpaired) electrons. The molecule has 3 aromatic rings. The van der Waals surface area contributed by atoms with Crippen LogP contribution >= 0.6 is 11.6 Å². The Balaban J connectivity index is 2.60. The number of hydrogen-bond acceptors (Lipinski definition) is 4. The van der Waals surface area contributed by atoms with E-state index in [-0.39, 0.29) is 5.65 Å². The van der Waals surface area contributed by atoms with Crippen LogP contribution in [-0.4, -0.2) is 30.7 Å². The number of H-pyrrole nitrogens is 1. The van der Waals surface area contributed by atoms with Gasteiger partial charge in [-0.15, -0.1) is 5.10 Å². The average Bonchev–Trinajstić information content (AvgIpc) is 2.74. The molecular formula is C10H5ClN4O3. The van der Waals surface area contributed by atoms with E-state index in [2.05, 4.69) is 15.1 Å². The van der Waals surface area contributed by atoms with Gasteiger partial charge in [0.2, 0.25) is 0 Å². The predicted molar refractivity (Wildman–Crippen MR) is 63.1 cm³/mol. The monoisotopic (exact) mass is 264 g/mol. The number of aromatic amines is 1. The lowest BCUT2D eigenvalue weighted by molar-refractivity contribution is 0.0684. The van der Waals surface area contributed by atoms with Crippen LogP contribution in [0.3, 0.4) is 0 Å². The largest absolute Gasteiger partial charge is 0.475 e. The maximum absolute atomic E-state index is 11.7. The van der Waals surface area contributed by atoms with E-state index in [1.165, 1.54) is 0 Å². The summed E-state index contributed by atoms with van der Waals surface area (Å²) in [5, 5.41) is 13.3. The summed E-state index contributed by atoms with van der Waals surface area (Å²) >= 11 is 6.03. The summed E-state index contributed by atoms with van der Waals surface area (Å²) in [6, 6.07) is 4.95. The lowest BCUT2D eigenvalue weighted by Gasteiger charge is -2.00. The van der Waals surface area contributed by atoms with Gasteiger partial charge in [-0.25, -0.2) is 14.6 Å². The Morgan fingerprint density at radius 1 is 1.44 bits per heavy atom. The van der Waals surface area contributed by atoms with E-state index in [9.17, 15) is 9.59 Å². The molecule has 0 aliphatic rings. The molecule has 0 spiro atoms. The molecule has 0 saturated heterocycles. The van der Waals surface area contributed by atoms with Crippen molar-refractivity contribution in [2.75, 3.05) is 0 Å². The number of aromatic nitrogens is 4. The molecule has 0 bridgehead atoms. The first kappa shape index (κ1) is 10.7. The van der Waals surface area contributed by atoms with Gasteiger partial charge >= 0.3 is 11.7 Å². The maximum Gasteiger partial charge on any atom is 0.375 e. The molecule has 0 saturated carbocycles. The first-order valence-corrected chi connectivity index (χ1v) is 5.26. The number of benzene rings is 1. The van der Waals surface area contributed by atoms with E-state index in [1.54, 1.807) is 18.2 Å². The lowest BCUT2D eigenvalue weighted by atomic mass is 10.2. The molecule has 1 aromatic carbocycles. The van der Waals surface area contributed by atoms with Gasteiger partial charge in [-0.2, -0.15) is 4.52 Å². The van der Waals surface area contributed by atoms with E-state index in [1.807, 2.05) is 0 Å². The smallest absolute Gasteiger partial charge is 0.375 e. The van der Waals surface area contributed by atoms with Gasteiger partial charge in [0.1, 0.15) is 0 Å². The van der Waals surface area contributed by atoms with Crippen LogP contribution in [0.15, 0.2) is 23.0 Å². The van der Waals surface area contributed by atoms with Crippen LogP contribution in [-0.2, 0) is 0 Å². The second-order valence-corrected chi connectivity index (χ2v) is 3.98. The van der Waals surface area contributed by atoms with Gasteiger partial charge in [0.25, 0.3) is 5.82 Å². The minimum absolute atomic E-state index is 0.122. The Hall–Kier alpha value is -2.41. The van der Waals surface area contributed by atoms with Crippen LogP contribution < -0.4 is 5.69 Å². The van der Waals surface area contributed by atoms with Gasteiger partial charge in [0.15, 0.2) is 5.65 Å². The molecule has 0 atom stereocenters. The standard InChI is InChI=1S/C10H5ClN4O3/c11-4-2-1-3-5-6(4)8-13-7(9(16)17)14-15(8)10(18)12-5/h1-3H,(H,12,18)(H,16,17). The molecule has 2 aromatic heterocycles. The SMILES string of the molecule is O=C(O)c1nc2c3c(Cl)cccc3[nH]c(=O)n2n1. The maximum atomic E-state index is 11.7. The fourth-order valence-electron chi connectivity index (χ4n) is 1.73. The summed E-state index contributed by atoms with van der Waals surface area (Å²) in [6.45, 7) is 0. The summed E-state index contributed by atoms with van der Waals surface area (Å²) in [5.41, 5.74) is 0.0286. The number of rotatable bonds is 1. The Morgan fingerprint density at radius 2 is 2.22 bits per heavy atom. The third-order valence-electron chi connectivity index (χ3n) is 2.47. The van der Waals surface area contributed by atoms with E-state index < -0.39 is 17.5 Å². The first-order valence-electron chi connectivity index (χ1n) is 4.88. The van der Waals surface area contributed by atoms with E-state index >= 15 is 0 Å². The van der Waals surface area contributed by atoms with Crippen molar-refractivity contribution in [3.8, 4) is 0 Å². The quantitative estimate of drug-likeness (QED) is 0.681. The van der Waals surface area contributed by atoms with Crippen molar-refractivity contribution in [3.05, 3.63) is 39.5 Å². The van der Waals surface area contributed by atoms with Crippen molar-refractivity contribution in [2.45, 2.75) is 0 Å². The Morgan fingerprint density at radius 3 is 2.94 bits per heavy atom. The molecule has 0 aliphatic carbocycles. The van der Waals surface area contributed by atoms with Crippen molar-refractivity contribution >= 4 is 34.1 Å². The second kappa shape index (κ2) is 3.54. The van der Waals surface area contributed by atoms with Crippen molar-refractivity contribution in [1.82, 2.24) is 19.6 Å². The van der Waals surface area contributed by atoms with Crippen molar-refractivity contribution in [2.24, 2.45) is 0 Å². The van der Waals surface area contributed by atoms with Crippen LogP contribution in [0.1, 0.15) is 10.6 Å². The van der Waals surface area contributed by atoms with Crippen LogP contribution in [0.4, 0.5) is 0 Å². The zero-order valence-electron chi connectivity index (χ0n) is 8.72. The van der Waals surface area contributed by atoms with E-state index in [4.69, 9.17) is 16.7 Å². The minimum atomic E-state index is -1.31. The van der Waals surface area contributed by atoms with Crippen LogP contribution in [0.2, 0.25) is 5.02 Å². The molecule has 90 valence electrons. The van der Waals surface area contributed by atoms with E-state index in [0.717, 1.165) is 4.52 Å². The molecule has 3 rings (SSSR count). The number of nitrogens with one attached hydrogen (secondary N) is 1. The molecule has 2 heterocycles. The highest BCUT2D eigenvalue weighted by Gasteiger charge is 2.16. The third-order valence-corrected chi connectivity index (χ3v) is 2.78. The van der Waals surface area contributed by atoms with Gasteiger partial charge in [0.05, 0.1) is 15.9 Å². The third kappa shape index (κ3) is 1.37. The summed E-state index contributed by atoms with van der Waals surface area (Å²) < 4.78 is 0.887. The average molecular weight is 265 g/mol. The molecule has 0 aliphatic heterocycles. The molecule has 0 fully saturated rings. The normalized spacial score (nSPS) is 11.2. The highest BCUT2D eigenvalue weighted by molar-refractivity contribution is 6.36. The fraction of sp³-hybridized carbons (Fsp3) is 0. The van der Waals surface area contributed by atoms with Crippen LogP contribution in [0.25, 0.3) is 16.6 Å². The molecule has 18 heavy (non-hydrogen) atoms. The van der Waals surface area contributed by atoms with Gasteiger partial charge < -0.3 is 10.1 Å². The Bertz CT molecular complexity index is 851. The van der Waals surface area contributed by atoms with Crippen molar-refractivity contribution in [1.29, 1.82) is 0 Å². The molecule has 7 nitrogen and oxygen atoms in total. The summed E-state index contributed by atoms with van der Waals surface area (Å²) in [5.74, 6) is -1.76. The zero-order valence-corrected chi connectivity index (χ0v) is 9.47. The van der Waals surface area contributed by atoms with E-state index in [0.29, 0.717) is 15.9 Å². The number of aromatic carboxylic acids is 1. The van der Waals surface area contributed by atoms with Gasteiger partial charge in [0, 0.05) is 0 Å². The minimum Gasteiger partial charge on any atom is -0.475 e. The number of halogens is 1. The second-order valence-electron chi connectivity index (χ2n) is 3.57. The Labute approximate surface area is 104 Å². The molecule has 2 N–H and O–H groups in total. The molecule has 0 amide bonds. The number of carbonyl (C=O) groups is 1. The van der Waals surface area contributed by atoms with Crippen LogP contribution in [0.5, 0.6) is 0 Å². The number of hydrogen-bond donors (Lipinski definition) is 2. The molecule has 8 heteroatoms. The van der Waals surface area contributed by atoms with Gasteiger partial charge in [-0.1, -0.05) is 17.7 Å². The fourth-order valence-corrected chi connectivity index (χ4v) is 1.99. The summed E-state index contributed by atoms with van der Waals surface area (Å²) in [4.78, 5) is 28.9. The number of carboxylic acids is 1. The number of carboxylic acid groups (broad SMARTS) is 1. The highest BCUT2D eigenvalue weighted by Crippen LogP contribution is 2.23. The number of nitrogens with zero attached hydrogens (tertiary/aromatic N) is 3. The molecule has 0 unspecified atom stereocenters. The number of fused-ring (bicyclic) bond motifs is 3. The zero-order chi connectivity index (χ0) is 12.9. The first-order chi connectivity index (χ1) is 8.58. The van der Waals surface area contributed by atoms with Crippen molar-refractivity contribution in [3.63, 3.8) is 0 Å². The van der Waals surface area contributed by atoms with Gasteiger partial charge in [-0.3, -0.25) is 0 Å².